The Morgan fingerprint density at radius 1 is 1.10 bits per heavy atom. The third-order valence-electron chi connectivity index (χ3n) is 5.28. The lowest BCUT2D eigenvalue weighted by molar-refractivity contribution is 0.0697. The Hall–Kier alpha value is -4.06. The molecule has 0 saturated heterocycles. The minimum atomic E-state index is -0.953. The lowest BCUT2D eigenvalue weighted by Crippen LogP contribution is -2.02. The largest absolute Gasteiger partial charge is 0.497 e. The maximum Gasteiger partial charge on any atom is 0.335 e. The van der Waals surface area contributed by atoms with Gasteiger partial charge in [0.1, 0.15) is 5.75 Å². The van der Waals surface area contributed by atoms with E-state index in [9.17, 15) is 4.79 Å². The van der Waals surface area contributed by atoms with Crippen LogP contribution in [-0.4, -0.2) is 29.0 Å². The van der Waals surface area contributed by atoms with Gasteiger partial charge in [-0.3, -0.25) is 5.43 Å². The predicted octanol–water partition coefficient (Wildman–Crippen LogP) is 5.15. The van der Waals surface area contributed by atoms with Gasteiger partial charge in [0.05, 0.1) is 24.6 Å². The maximum atomic E-state index is 11.0. The summed E-state index contributed by atoms with van der Waals surface area (Å²) in [4.78, 5) is 11.0. The van der Waals surface area contributed by atoms with Crippen LogP contribution in [0.15, 0.2) is 77.9 Å². The highest BCUT2D eigenvalue weighted by atomic mass is 16.5. The zero-order valence-corrected chi connectivity index (χ0v) is 17.4. The summed E-state index contributed by atoms with van der Waals surface area (Å²) in [5.74, 6) is -0.165. The number of nitrogens with zero attached hydrogens (tertiary/aromatic N) is 2. The molecule has 3 aromatic carbocycles. The number of ether oxygens (including phenoxy) is 1. The normalized spacial score (nSPS) is 11.2. The van der Waals surface area contributed by atoms with Crippen molar-refractivity contribution in [1.29, 1.82) is 0 Å². The van der Waals surface area contributed by atoms with Gasteiger partial charge in [0.2, 0.25) is 0 Å². The van der Waals surface area contributed by atoms with E-state index >= 15 is 0 Å². The molecule has 2 N–H and O–H groups in total. The van der Waals surface area contributed by atoms with Gasteiger partial charge < -0.3 is 14.4 Å². The molecular weight excluding hydrogens is 390 g/mol. The highest BCUT2D eigenvalue weighted by Gasteiger charge is 2.14. The Kier molecular flexibility index (Phi) is 5.71. The monoisotopic (exact) mass is 413 g/mol. The van der Waals surface area contributed by atoms with Crippen molar-refractivity contribution < 1.29 is 14.6 Å². The van der Waals surface area contributed by atoms with Crippen LogP contribution in [0.3, 0.4) is 0 Å². The van der Waals surface area contributed by atoms with Crippen molar-refractivity contribution in [3.63, 3.8) is 0 Å². The summed E-state index contributed by atoms with van der Waals surface area (Å²) in [6, 6.07) is 22.9. The van der Waals surface area contributed by atoms with E-state index in [0.29, 0.717) is 5.69 Å². The first-order valence-corrected chi connectivity index (χ1v) is 9.90. The molecule has 4 rings (SSSR count). The molecule has 0 atom stereocenters. The minimum Gasteiger partial charge on any atom is -0.497 e. The lowest BCUT2D eigenvalue weighted by Gasteiger charge is -2.09. The number of carboxylic acids is 1. The molecule has 156 valence electrons. The fourth-order valence-corrected chi connectivity index (χ4v) is 3.61. The number of hydrazone groups is 1. The van der Waals surface area contributed by atoms with E-state index in [1.165, 1.54) is 5.56 Å². The van der Waals surface area contributed by atoms with Gasteiger partial charge in [0, 0.05) is 28.7 Å². The quantitative estimate of drug-likeness (QED) is 0.324. The van der Waals surface area contributed by atoms with E-state index in [2.05, 4.69) is 40.2 Å². The van der Waals surface area contributed by atoms with Gasteiger partial charge in [0.15, 0.2) is 0 Å². The van der Waals surface area contributed by atoms with E-state index < -0.39 is 5.97 Å². The van der Waals surface area contributed by atoms with Gasteiger partial charge in [-0.1, -0.05) is 30.3 Å². The number of anilines is 1. The fourth-order valence-electron chi connectivity index (χ4n) is 3.61. The number of nitrogens with one attached hydrogen (secondary N) is 1. The third-order valence-corrected chi connectivity index (χ3v) is 5.28. The van der Waals surface area contributed by atoms with Crippen molar-refractivity contribution in [2.75, 3.05) is 12.5 Å². The molecule has 0 aliphatic carbocycles. The van der Waals surface area contributed by atoms with E-state index in [1.807, 2.05) is 30.3 Å². The second-order valence-electron chi connectivity index (χ2n) is 7.21. The first-order valence-electron chi connectivity index (χ1n) is 9.90. The molecule has 6 heteroatoms. The number of fused-ring (bicyclic) bond motifs is 1. The third kappa shape index (κ3) is 4.28. The standard InChI is InChI=1S/C25H23N3O3/c1-17-23(15-26-27-20-10-8-19(9-11-20)25(29)30)22-14-21(31-2)12-13-24(22)28(17)16-18-6-4-3-5-7-18/h3-15,27H,16H2,1-2H3,(H,29,30). The van der Waals surface area contributed by atoms with Crippen molar-refractivity contribution in [3.05, 3.63) is 95.2 Å². The van der Waals surface area contributed by atoms with Crippen LogP contribution in [-0.2, 0) is 6.54 Å². The molecule has 4 aromatic rings. The number of aromatic nitrogens is 1. The first-order chi connectivity index (χ1) is 15.1. The van der Waals surface area contributed by atoms with Crippen molar-refractivity contribution in [3.8, 4) is 5.75 Å². The summed E-state index contributed by atoms with van der Waals surface area (Å²) in [5.41, 5.74) is 8.35. The molecule has 1 aromatic heterocycles. The molecule has 0 bridgehead atoms. The Morgan fingerprint density at radius 3 is 2.52 bits per heavy atom. The topological polar surface area (TPSA) is 75.8 Å². The van der Waals surface area contributed by atoms with Gasteiger partial charge in [-0.15, -0.1) is 0 Å². The smallest absolute Gasteiger partial charge is 0.335 e. The van der Waals surface area contributed by atoms with E-state index in [1.54, 1.807) is 37.6 Å². The molecule has 0 spiro atoms. The van der Waals surface area contributed by atoms with Crippen LogP contribution in [0.5, 0.6) is 5.75 Å². The summed E-state index contributed by atoms with van der Waals surface area (Å²) in [7, 11) is 1.66. The SMILES string of the molecule is COc1ccc2c(c1)c(C=NNc1ccc(C(=O)O)cc1)c(C)n2Cc1ccccc1. The number of hydrogen-bond donors (Lipinski definition) is 2. The van der Waals surface area contributed by atoms with Crippen molar-refractivity contribution in [1.82, 2.24) is 4.57 Å². The van der Waals surface area contributed by atoms with Gasteiger partial charge in [-0.05, 0) is 55.0 Å². The molecule has 0 aliphatic rings. The maximum absolute atomic E-state index is 11.0. The second-order valence-corrected chi connectivity index (χ2v) is 7.21. The number of rotatable bonds is 7. The number of aromatic carboxylic acids is 1. The van der Waals surface area contributed by atoms with Crippen molar-refractivity contribution in [2.24, 2.45) is 5.10 Å². The Balaban J connectivity index is 1.68. The van der Waals surface area contributed by atoms with Crippen LogP contribution < -0.4 is 10.2 Å². The molecule has 0 aliphatic heterocycles. The highest BCUT2D eigenvalue weighted by molar-refractivity contribution is 6.02. The molecule has 0 unspecified atom stereocenters. The van der Waals surface area contributed by atoms with Crippen LogP contribution in [0.1, 0.15) is 27.2 Å². The average Bonchev–Trinajstić information content (AvgIpc) is 3.05. The summed E-state index contributed by atoms with van der Waals surface area (Å²) in [5, 5.41) is 14.5. The summed E-state index contributed by atoms with van der Waals surface area (Å²) in [6.45, 7) is 2.84. The van der Waals surface area contributed by atoms with Gasteiger partial charge in [-0.2, -0.15) is 5.10 Å². The molecule has 0 radical (unpaired) electrons. The number of hydrogen-bond acceptors (Lipinski definition) is 4. The van der Waals surface area contributed by atoms with Crippen molar-refractivity contribution in [2.45, 2.75) is 13.5 Å². The van der Waals surface area contributed by atoms with E-state index in [4.69, 9.17) is 9.84 Å². The Morgan fingerprint density at radius 2 is 1.84 bits per heavy atom. The molecule has 6 nitrogen and oxygen atoms in total. The second kappa shape index (κ2) is 8.75. The first kappa shape index (κ1) is 20.2. The highest BCUT2D eigenvalue weighted by Crippen LogP contribution is 2.29. The van der Waals surface area contributed by atoms with Gasteiger partial charge in [0.25, 0.3) is 0 Å². The summed E-state index contributed by atoms with van der Waals surface area (Å²) in [6.07, 6.45) is 1.80. The summed E-state index contributed by atoms with van der Waals surface area (Å²) < 4.78 is 7.70. The Labute approximate surface area is 180 Å². The van der Waals surface area contributed by atoms with Crippen LogP contribution in [0.25, 0.3) is 10.9 Å². The number of carboxylic acid groups (broad SMARTS) is 1. The zero-order valence-electron chi connectivity index (χ0n) is 17.4. The zero-order chi connectivity index (χ0) is 21.8. The molecule has 0 amide bonds. The number of benzene rings is 3. The predicted molar refractivity (Wildman–Crippen MR) is 123 cm³/mol. The van der Waals surface area contributed by atoms with E-state index in [-0.39, 0.29) is 5.56 Å². The van der Waals surface area contributed by atoms with Crippen molar-refractivity contribution >= 4 is 28.8 Å². The number of carbonyl (C=O) groups is 1. The molecule has 31 heavy (non-hydrogen) atoms. The average molecular weight is 413 g/mol. The summed E-state index contributed by atoms with van der Waals surface area (Å²) >= 11 is 0. The number of methoxy groups -OCH3 is 1. The Bertz CT molecular complexity index is 1240. The molecular formula is C25H23N3O3. The van der Waals surface area contributed by atoms with Gasteiger partial charge in [-0.25, -0.2) is 4.79 Å². The van der Waals surface area contributed by atoms with Crippen LogP contribution in [0, 0.1) is 6.92 Å². The van der Waals surface area contributed by atoms with Crippen LogP contribution in [0.4, 0.5) is 5.69 Å². The lowest BCUT2D eigenvalue weighted by atomic mass is 10.1. The molecule has 0 saturated carbocycles. The minimum absolute atomic E-state index is 0.237. The van der Waals surface area contributed by atoms with Crippen LogP contribution in [0.2, 0.25) is 0 Å². The molecule has 1 heterocycles. The van der Waals surface area contributed by atoms with Crippen LogP contribution >= 0.6 is 0 Å². The molecule has 0 fully saturated rings. The van der Waals surface area contributed by atoms with E-state index in [0.717, 1.165) is 34.5 Å². The van der Waals surface area contributed by atoms with Gasteiger partial charge >= 0.3 is 5.97 Å². The fraction of sp³-hybridized carbons (Fsp3) is 0.120.